The minimum atomic E-state index is -2.57. The Hall–Kier alpha value is -0.220. The Morgan fingerprint density at radius 2 is 2.27 bits per heavy atom. The van der Waals surface area contributed by atoms with Crippen LogP contribution >= 0.6 is 0 Å². The Kier molecular flexibility index (Phi) is 2.44. The fraction of sp³-hybridized carbons (Fsp3) is 1.00. The molecule has 0 aromatic rings. The molecule has 1 N–H and O–H groups in total. The number of likely N-dealkylation sites (tertiary alicyclic amines) is 1. The lowest BCUT2D eigenvalue weighted by Crippen LogP contribution is -2.46. The topological polar surface area (TPSA) is 23.5 Å². The second-order valence-corrected chi connectivity index (χ2v) is 3.13. The first-order chi connectivity index (χ1) is 5.05. The fourth-order valence-electron chi connectivity index (χ4n) is 1.33. The third-order valence-electron chi connectivity index (χ3n) is 2.20. The molecule has 1 fully saturated rings. The van der Waals surface area contributed by atoms with Crippen LogP contribution in [0.1, 0.15) is 12.8 Å². The maximum Gasteiger partial charge on any atom is 0.250 e. The zero-order valence-electron chi connectivity index (χ0n) is 6.56. The van der Waals surface area contributed by atoms with Gasteiger partial charge in [0.25, 0.3) is 5.92 Å². The molecule has 11 heavy (non-hydrogen) atoms. The second kappa shape index (κ2) is 3.03. The van der Waals surface area contributed by atoms with Crippen LogP contribution in [0.15, 0.2) is 0 Å². The van der Waals surface area contributed by atoms with E-state index < -0.39 is 5.92 Å². The summed E-state index contributed by atoms with van der Waals surface area (Å²) >= 11 is 0. The average molecular weight is 165 g/mol. The fourth-order valence-corrected chi connectivity index (χ4v) is 1.33. The van der Waals surface area contributed by atoms with Gasteiger partial charge in [0.05, 0.1) is 6.61 Å². The van der Waals surface area contributed by atoms with Gasteiger partial charge in [-0.25, -0.2) is 8.78 Å². The standard InChI is InChI=1S/C7H13F2NO/c1-10-3-2-7(8,9)4-6(10)5-11/h6,11H,2-5H2,1H3/t6-/m1/s1. The van der Waals surface area contributed by atoms with Crippen molar-refractivity contribution in [2.24, 2.45) is 0 Å². The first-order valence-corrected chi connectivity index (χ1v) is 3.74. The van der Waals surface area contributed by atoms with Crippen molar-refractivity contribution in [2.75, 3.05) is 20.2 Å². The van der Waals surface area contributed by atoms with Crippen LogP contribution < -0.4 is 0 Å². The third-order valence-corrected chi connectivity index (χ3v) is 2.20. The number of piperidine rings is 1. The number of hydrogen-bond acceptors (Lipinski definition) is 2. The molecule has 0 amide bonds. The van der Waals surface area contributed by atoms with Gasteiger partial charge in [-0.05, 0) is 7.05 Å². The molecule has 0 unspecified atom stereocenters. The Bertz CT molecular complexity index is 140. The first-order valence-electron chi connectivity index (χ1n) is 3.74. The van der Waals surface area contributed by atoms with Crippen molar-refractivity contribution in [2.45, 2.75) is 24.8 Å². The van der Waals surface area contributed by atoms with Gasteiger partial charge in [0.2, 0.25) is 0 Å². The van der Waals surface area contributed by atoms with Gasteiger partial charge in [0.1, 0.15) is 0 Å². The molecular formula is C7H13F2NO. The summed E-state index contributed by atoms with van der Waals surface area (Å²) < 4.78 is 25.4. The molecule has 0 aliphatic carbocycles. The molecule has 1 heterocycles. The number of aliphatic hydroxyl groups is 1. The van der Waals surface area contributed by atoms with Gasteiger partial charge in [-0.1, -0.05) is 0 Å². The monoisotopic (exact) mass is 165 g/mol. The van der Waals surface area contributed by atoms with Crippen molar-refractivity contribution in [1.29, 1.82) is 0 Å². The maximum absolute atomic E-state index is 12.7. The molecule has 0 saturated carbocycles. The van der Waals surface area contributed by atoms with Gasteiger partial charge < -0.3 is 10.0 Å². The van der Waals surface area contributed by atoms with Gasteiger partial charge in [0, 0.05) is 25.4 Å². The number of alkyl halides is 2. The van der Waals surface area contributed by atoms with E-state index in [2.05, 4.69) is 0 Å². The van der Waals surface area contributed by atoms with Crippen LogP contribution in [0.5, 0.6) is 0 Å². The number of hydrogen-bond donors (Lipinski definition) is 1. The molecule has 0 aromatic heterocycles. The highest BCUT2D eigenvalue weighted by molar-refractivity contribution is 4.83. The van der Waals surface area contributed by atoms with Crippen molar-refractivity contribution in [1.82, 2.24) is 4.90 Å². The summed E-state index contributed by atoms with van der Waals surface area (Å²) in [6, 6.07) is -0.362. The molecular weight excluding hydrogens is 152 g/mol. The van der Waals surface area contributed by atoms with E-state index in [1.165, 1.54) is 0 Å². The van der Waals surface area contributed by atoms with Gasteiger partial charge in [-0.3, -0.25) is 0 Å². The molecule has 0 bridgehead atoms. The SMILES string of the molecule is CN1CCC(F)(F)C[C@@H]1CO. The number of likely N-dealkylation sites (N-methyl/N-ethyl adjacent to an activating group) is 1. The quantitative estimate of drug-likeness (QED) is 0.618. The number of aliphatic hydroxyl groups excluding tert-OH is 1. The summed E-state index contributed by atoms with van der Waals surface area (Å²) in [7, 11) is 1.76. The van der Waals surface area contributed by atoms with Crippen molar-refractivity contribution in [3.05, 3.63) is 0 Å². The second-order valence-electron chi connectivity index (χ2n) is 3.13. The molecule has 2 nitrogen and oxygen atoms in total. The van der Waals surface area contributed by atoms with E-state index in [4.69, 9.17) is 5.11 Å². The van der Waals surface area contributed by atoms with Crippen LogP contribution in [0, 0.1) is 0 Å². The van der Waals surface area contributed by atoms with Crippen molar-refractivity contribution in [3.8, 4) is 0 Å². The minimum absolute atomic E-state index is 0.0833. The van der Waals surface area contributed by atoms with Crippen molar-refractivity contribution >= 4 is 0 Å². The van der Waals surface area contributed by atoms with Gasteiger partial charge in [-0.15, -0.1) is 0 Å². The molecule has 1 saturated heterocycles. The molecule has 4 heteroatoms. The number of nitrogens with zero attached hydrogens (tertiary/aromatic N) is 1. The lowest BCUT2D eigenvalue weighted by Gasteiger charge is -2.35. The Labute approximate surface area is 64.8 Å². The Morgan fingerprint density at radius 1 is 1.64 bits per heavy atom. The maximum atomic E-state index is 12.7. The third kappa shape index (κ3) is 2.10. The Balaban J connectivity index is 2.51. The minimum Gasteiger partial charge on any atom is -0.395 e. The molecule has 0 spiro atoms. The highest BCUT2D eigenvalue weighted by Crippen LogP contribution is 2.30. The van der Waals surface area contributed by atoms with Crippen LogP contribution in [0.3, 0.4) is 0 Å². The highest BCUT2D eigenvalue weighted by Gasteiger charge is 2.38. The zero-order chi connectivity index (χ0) is 8.48. The summed E-state index contributed by atoms with van der Waals surface area (Å²) in [4.78, 5) is 1.78. The van der Waals surface area contributed by atoms with Crippen LogP contribution in [0.4, 0.5) is 8.78 Å². The lowest BCUT2D eigenvalue weighted by molar-refractivity contribution is -0.0809. The predicted octanol–water partition coefficient (Wildman–Crippen LogP) is 0.708. The Morgan fingerprint density at radius 3 is 2.73 bits per heavy atom. The van der Waals surface area contributed by atoms with Crippen LogP contribution in [0.25, 0.3) is 0 Å². The zero-order valence-corrected chi connectivity index (χ0v) is 6.56. The molecule has 1 aliphatic heterocycles. The summed E-state index contributed by atoms with van der Waals surface area (Å²) in [6.45, 7) is 0.199. The van der Waals surface area contributed by atoms with Gasteiger partial charge >= 0.3 is 0 Å². The average Bonchev–Trinajstić information content (AvgIpc) is 1.94. The van der Waals surface area contributed by atoms with Gasteiger partial charge in [-0.2, -0.15) is 0 Å². The van der Waals surface area contributed by atoms with Crippen LogP contribution in [-0.2, 0) is 0 Å². The van der Waals surface area contributed by atoms with E-state index in [1.807, 2.05) is 0 Å². The molecule has 0 aromatic carbocycles. The summed E-state index contributed by atoms with van der Waals surface area (Å²) in [6.07, 6.45) is -0.292. The smallest absolute Gasteiger partial charge is 0.250 e. The molecule has 0 radical (unpaired) electrons. The molecule has 66 valence electrons. The van der Waals surface area contributed by atoms with E-state index in [0.29, 0.717) is 6.54 Å². The van der Waals surface area contributed by atoms with Crippen LogP contribution in [0.2, 0.25) is 0 Å². The molecule has 1 atom stereocenters. The highest BCUT2D eigenvalue weighted by atomic mass is 19.3. The van der Waals surface area contributed by atoms with E-state index in [1.54, 1.807) is 11.9 Å². The lowest BCUT2D eigenvalue weighted by atomic mass is 10.00. The summed E-state index contributed by atoms with van der Waals surface area (Å²) in [5.41, 5.74) is 0. The van der Waals surface area contributed by atoms with Crippen molar-refractivity contribution in [3.63, 3.8) is 0 Å². The van der Waals surface area contributed by atoms with Crippen molar-refractivity contribution < 1.29 is 13.9 Å². The van der Waals surface area contributed by atoms with E-state index >= 15 is 0 Å². The predicted molar refractivity (Wildman–Crippen MR) is 37.7 cm³/mol. The number of rotatable bonds is 1. The van der Waals surface area contributed by atoms with E-state index in [0.717, 1.165) is 0 Å². The van der Waals surface area contributed by atoms with E-state index in [-0.39, 0.29) is 25.5 Å². The summed E-state index contributed by atoms with van der Waals surface area (Å²) in [5.74, 6) is -2.57. The van der Waals surface area contributed by atoms with E-state index in [9.17, 15) is 8.78 Å². The van der Waals surface area contributed by atoms with Gasteiger partial charge in [0.15, 0.2) is 0 Å². The van der Waals surface area contributed by atoms with Crippen LogP contribution in [-0.4, -0.2) is 42.2 Å². The summed E-state index contributed by atoms with van der Waals surface area (Å²) in [5, 5.41) is 8.72. The molecule has 1 aliphatic rings. The normalized spacial score (nSPS) is 32.2. The number of halogens is 2. The first kappa shape index (κ1) is 8.87. The largest absolute Gasteiger partial charge is 0.395 e. The molecule has 1 rings (SSSR count).